The van der Waals surface area contributed by atoms with Crippen molar-refractivity contribution >= 4 is 41.5 Å². The van der Waals surface area contributed by atoms with Gasteiger partial charge in [0.2, 0.25) is 17.7 Å². The number of alkyl carbamates (subject to hydrolysis) is 1. The first-order valence-corrected chi connectivity index (χ1v) is 12.4. The summed E-state index contributed by atoms with van der Waals surface area (Å²) < 4.78 is 5.03. The molecular weight excluding hydrogens is 476 g/mol. The molecule has 0 aliphatic rings. The second-order valence-corrected chi connectivity index (χ2v) is 9.61. The highest BCUT2D eigenvalue weighted by Gasteiger charge is 2.26. The Morgan fingerprint density at radius 2 is 1.57 bits per heavy atom. The number of benzene rings is 1. The van der Waals surface area contributed by atoms with Gasteiger partial charge in [-0.15, -0.1) is 0 Å². The molecule has 0 bridgehead atoms. The number of hydrogen-bond donors (Lipinski definition) is 5. The lowest BCUT2D eigenvalue weighted by atomic mass is 10.0. The van der Waals surface area contributed by atoms with E-state index in [0.717, 1.165) is 5.56 Å². The maximum Gasteiger partial charge on any atom is 0.408 e. The summed E-state index contributed by atoms with van der Waals surface area (Å²) in [4.78, 5) is 60.3. The molecule has 4 amide bonds. The molecule has 0 aliphatic heterocycles. The summed E-state index contributed by atoms with van der Waals surface area (Å²) in [5, 5.41) is 19.0. The molecule has 35 heavy (non-hydrogen) atoms. The highest BCUT2D eigenvalue weighted by atomic mass is 32.2. The van der Waals surface area contributed by atoms with Crippen LogP contribution in [0, 0.1) is 0 Å². The molecule has 0 radical (unpaired) electrons. The van der Waals surface area contributed by atoms with Crippen LogP contribution >= 0.6 is 11.8 Å². The molecule has 5 N–H and O–H groups in total. The summed E-state index contributed by atoms with van der Waals surface area (Å²) in [5.74, 6) is -2.55. The Morgan fingerprint density at radius 1 is 0.943 bits per heavy atom. The van der Waals surface area contributed by atoms with E-state index in [-0.39, 0.29) is 12.8 Å². The van der Waals surface area contributed by atoms with Crippen molar-refractivity contribution in [1.29, 1.82) is 0 Å². The molecule has 0 aliphatic carbocycles. The summed E-state index contributed by atoms with van der Waals surface area (Å²) in [7, 11) is 0. The van der Waals surface area contributed by atoms with Crippen LogP contribution in [-0.4, -0.2) is 77.7 Å². The van der Waals surface area contributed by atoms with Gasteiger partial charge in [0.15, 0.2) is 0 Å². The van der Waals surface area contributed by atoms with Crippen LogP contribution in [0.4, 0.5) is 4.79 Å². The maximum atomic E-state index is 12.8. The van der Waals surface area contributed by atoms with Crippen molar-refractivity contribution in [3.05, 3.63) is 35.9 Å². The number of thioether (sulfide) groups is 1. The van der Waals surface area contributed by atoms with Crippen LogP contribution in [0.2, 0.25) is 0 Å². The number of aliphatic carboxylic acids is 1. The van der Waals surface area contributed by atoms with Gasteiger partial charge in [-0.25, -0.2) is 9.59 Å². The van der Waals surface area contributed by atoms with Crippen LogP contribution in [0.3, 0.4) is 0 Å². The van der Waals surface area contributed by atoms with Gasteiger partial charge in [0.05, 0.1) is 6.54 Å². The summed E-state index contributed by atoms with van der Waals surface area (Å²) in [6.45, 7) is 4.20. The fourth-order valence-electron chi connectivity index (χ4n) is 2.78. The van der Waals surface area contributed by atoms with E-state index in [1.807, 2.05) is 6.26 Å². The van der Waals surface area contributed by atoms with Gasteiger partial charge in [0, 0.05) is 6.42 Å². The highest BCUT2D eigenvalue weighted by Crippen LogP contribution is 2.07. The fourth-order valence-corrected chi connectivity index (χ4v) is 3.25. The van der Waals surface area contributed by atoms with Gasteiger partial charge in [-0.05, 0) is 44.8 Å². The Bertz CT molecular complexity index is 874. The maximum absolute atomic E-state index is 12.8. The number of carbonyl (C=O) groups is 5. The number of nitrogens with one attached hydrogen (secondary N) is 4. The molecule has 0 fully saturated rings. The minimum absolute atomic E-state index is 0.126. The molecule has 0 saturated carbocycles. The van der Waals surface area contributed by atoms with Gasteiger partial charge in [0.25, 0.3) is 0 Å². The lowest BCUT2D eigenvalue weighted by molar-refractivity contribution is -0.142. The van der Waals surface area contributed by atoms with E-state index in [0.29, 0.717) is 5.75 Å². The first kappa shape index (κ1) is 29.8. The first-order valence-electron chi connectivity index (χ1n) is 11.0. The van der Waals surface area contributed by atoms with Crippen LogP contribution in [0.5, 0.6) is 0 Å². The summed E-state index contributed by atoms with van der Waals surface area (Å²) >= 11 is 1.45. The lowest BCUT2D eigenvalue weighted by Gasteiger charge is -2.22. The molecule has 1 rings (SSSR count). The Hall–Kier alpha value is -3.28. The lowest BCUT2D eigenvalue weighted by Crippen LogP contribution is -2.54. The molecule has 0 unspecified atom stereocenters. The van der Waals surface area contributed by atoms with Crippen LogP contribution in [0.25, 0.3) is 0 Å². The molecule has 0 spiro atoms. The minimum Gasteiger partial charge on any atom is -0.480 e. The molecule has 11 nitrogen and oxygen atoms in total. The normalized spacial score (nSPS) is 12.6. The molecule has 12 heteroatoms. The van der Waals surface area contributed by atoms with Gasteiger partial charge < -0.3 is 31.1 Å². The monoisotopic (exact) mass is 510 g/mol. The topological polar surface area (TPSA) is 163 Å². The van der Waals surface area contributed by atoms with Crippen molar-refractivity contribution in [3.63, 3.8) is 0 Å². The summed E-state index contributed by atoms with van der Waals surface area (Å²) in [6, 6.07) is 6.77. The predicted molar refractivity (Wildman–Crippen MR) is 132 cm³/mol. The van der Waals surface area contributed by atoms with E-state index >= 15 is 0 Å². The number of carbonyl (C=O) groups excluding carboxylic acids is 4. The molecule has 0 saturated heterocycles. The highest BCUT2D eigenvalue weighted by molar-refractivity contribution is 7.98. The van der Waals surface area contributed by atoms with E-state index in [1.165, 1.54) is 11.8 Å². The standard InChI is InChI=1S/C23H34N4O7S/c1-23(2,3)34-22(33)25-13-18(28)24-14-19(29)26-17(12-15-8-6-5-7-9-15)20(30)27-16(21(31)32)10-11-35-4/h5-9,16-17H,10-14H2,1-4H3,(H,24,28)(H,25,33)(H,26,29)(H,27,30)(H,31,32)/t16-,17+/m0/s1. The molecule has 1 aromatic rings. The molecule has 0 aromatic heterocycles. The molecule has 0 heterocycles. The third kappa shape index (κ3) is 13.3. The summed E-state index contributed by atoms with van der Waals surface area (Å²) in [6.07, 6.45) is 1.42. The van der Waals surface area contributed by atoms with Crippen molar-refractivity contribution < 1.29 is 33.8 Å². The van der Waals surface area contributed by atoms with Crippen LogP contribution in [0.1, 0.15) is 32.8 Å². The van der Waals surface area contributed by atoms with Crippen molar-refractivity contribution in [2.24, 2.45) is 0 Å². The fraction of sp³-hybridized carbons (Fsp3) is 0.522. The van der Waals surface area contributed by atoms with E-state index in [2.05, 4.69) is 21.3 Å². The molecule has 2 atom stereocenters. The Morgan fingerprint density at radius 3 is 2.14 bits per heavy atom. The van der Waals surface area contributed by atoms with Gasteiger partial charge >= 0.3 is 12.1 Å². The van der Waals surface area contributed by atoms with Crippen LogP contribution in [-0.2, 0) is 30.3 Å². The van der Waals surface area contributed by atoms with E-state index < -0.39 is 60.6 Å². The zero-order valence-electron chi connectivity index (χ0n) is 20.4. The average molecular weight is 511 g/mol. The van der Waals surface area contributed by atoms with Crippen molar-refractivity contribution in [3.8, 4) is 0 Å². The number of carboxylic acids is 1. The number of amides is 4. The third-order valence-electron chi connectivity index (χ3n) is 4.40. The summed E-state index contributed by atoms with van der Waals surface area (Å²) in [5.41, 5.74) is 0.0404. The van der Waals surface area contributed by atoms with Crippen molar-refractivity contribution in [2.75, 3.05) is 25.1 Å². The Labute approximate surface area is 209 Å². The smallest absolute Gasteiger partial charge is 0.408 e. The first-order chi connectivity index (χ1) is 16.4. The number of rotatable bonds is 13. The number of ether oxygens (including phenoxy) is 1. The van der Waals surface area contributed by atoms with Gasteiger partial charge in [-0.3, -0.25) is 14.4 Å². The van der Waals surface area contributed by atoms with E-state index in [9.17, 15) is 29.1 Å². The Kier molecular flexibility index (Phi) is 12.6. The van der Waals surface area contributed by atoms with Gasteiger partial charge in [-0.1, -0.05) is 30.3 Å². The SMILES string of the molecule is CSCC[C@H](NC(=O)[C@@H](Cc1ccccc1)NC(=O)CNC(=O)CNC(=O)OC(C)(C)C)C(=O)O. The Balaban J connectivity index is 2.70. The third-order valence-corrected chi connectivity index (χ3v) is 5.04. The number of carboxylic acid groups (broad SMARTS) is 1. The second kappa shape index (κ2) is 14.9. The number of hydrogen-bond acceptors (Lipinski definition) is 7. The minimum atomic E-state index is -1.16. The molecule has 1 aromatic carbocycles. The molecule has 194 valence electrons. The largest absolute Gasteiger partial charge is 0.480 e. The van der Waals surface area contributed by atoms with Crippen molar-refractivity contribution in [2.45, 2.75) is 51.3 Å². The van der Waals surface area contributed by atoms with E-state index in [4.69, 9.17) is 4.74 Å². The van der Waals surface area contributed by atoms with Crippen LogP contribution in [0.15, 0.2) is 30.3 Å². The predicted octanol–water partition coefficient (Wildman–Crippen LogP) is 0.677. The van der Waals surface area contributed by atoms with Crippen LogP contribution < -0.4 is 21.3 Å². The zero-order valence-corrected chi connectivity index (χ0v) is 21.2. The second-order valence-electron chi connectivity index (χ2n) is 8.62. The quantitative estimate of drug-likeness (QED) is 0.259. The van der Waals surface area contributed by atoms with E-state index in [1.54, 1.807) is 51.1 Å². The molecular formula is C23H34N4O7S. The van der Waals surface area contributed by atoms with Crippen molar-refractivity contribution in [1.82, 2.24) is 21.3 Å². The average Bonchev–Trinajstić information content (AvgIpc) is 2.77. The zero-order chi connectivity index (χ0) is 26.4. The van der Waals surface area contributed by atoms with Gasteiger partial charge in [-0.2, -0.15) is 11.8 Å². The van der Waals surface area contributed by atoms with Gasteiger partial charge in [0.1, 0.15) is 24.2 Å².